The monoisotopic (exact) mass is 728 g/mol. The maximum atomic E-state index is 14.9. The normalized spacial score (nSPS) is 21.0. The Hall–Kier alpha value is -4.79. The summed E-state index contributed by atoms with van der Waals surface area (Å²) in [5.74, 6) is -1.11. The maximum absolute atomic E-state index is 14.9. The molecule has 0 radical (unpaired) electrons. The Bertz CT molecular complexity index is 1960. The highest BCUT2D eigenvalue weighted by atomic mass is 35.5. The summed E-state index contributed by atoms with van der Waals surface area (Å²) in [6.45, 7) is 4.78. The highest BCUT2D eigenvalue weighted by Crippen LogP contribution is 2.46. The number of aliphatic imine (C=N–C) groups is 1. The summed E-state index contributed by atoms with van der Waals surface area (Å²) < 4.78 is 61.2. The van der Waals surface area contributed by atoms with E-state index in [-0.39, 0.29) is 42.0 Å². The van der Waals surface area contributed by atoms with Crippen LogP contribution >= 0.6 is 11.6 Å². The molecule has 1 aliphatic heterocycles. The van der Waals surface area contributed by atoms with Crippen LogP contribution in [0.2, 0.25) is 5.02 Å². The molecule has 1 aliphatic carbocycles. The quantitative estimate of drug-likeness (QED) is 0.120. The number of nitrogens with zero attached hydrogens (tertiary/aromatic N) is 7. The fourth-order valence-electron chi connectivity index (χ4n) is 6.54. The van der Waals surface area contributed by atoms with Crippen molar-refractivity contribution in [2.45, 2.75) is 71.5 Å². The van der Waals surface area contributed by atoms with Gasteiger partial charge in [-0.15, -0.1) is 0 Å². The van der Waals surface area contributed by atoms with Gasteiger partial charge in [-0.2, -0.15) is 19.0 Å². The fourth-order valence-corrected chi connectivity index (χ4v) is 6.74. The summed E-state index contributed by atoms with van der Waals surface area (Å²) in [6, 6.07) is 10.3. The van der Waals surface area contributed by atoms with E-state index in [2.05, 4.69) is 15.2 Å². The van der Waals surface area contributed by atoms with Gasteiger partial charge in [-0.1, -0.05) is 69.6 Å². The standard InChI is InChI=1S/C35H37ClF4N8O3/c1-19-11-22(19)13-28(49)51-16-27(21-7-10-25(36)26(12-21)48-30(29(37)38)42-18-44-48)47-31(50)35(45-33(47)41,17-34(2,3)4)24-8-5-20(6-9-24)23-14-43-46(15-23)32(39)40/h5-10,12,14-15,18-19,22,27,29,32H,11,13,16-17H2,1-4H3,(H2,41,45)/t19-,22+,27-,35-/m1/s1. The van der Waals surface area contributed by atoms with Crippen molar-refractivity contribution in [3.8, 4) is 16.8 Å². The van der Waals surface area contributed by atoms with Gasteiger partial charge in [-0.05, 0) is 58.9 Å². The van der Waals surface area contributed by atoms with Gasteiger partial charge >= 0.3 is 12.5 Å². The van der Waals surface area contributed by atoms with E-state index < -0.39 is 47.7 Å². The third kappa shape index (κ3) is 7.34. The first-order chi connectivity index (χ1) is 24.1. The van der Waals surface area contributed by atoms with E-state index in [9.17, 15) is 27.2 Å². The third-order valence-corrected chi connectivity index (χ3v) is 9.50. The number of amides is 1. The SMILES string of the molecule is C[C@@H]1C[C@H]1CC(=O)OC[C@H](c1ccc(Cl)c(-n2ncnc2C(F)F)c1)N1C(=O)[C@@](CC(C)(C)C)(c2ccc(-c3cnn(C(F)F)c3)cc2)N=C1N. The number of rotatable bonds is 12. The zero-order valence-electron chi connectivity index (χ0n) is 28.3. The molecule has 2 aliphatic rings. The van der Waals surface area contributed by atoms with E-state index in [0.29, 0.717) is 32.9 Å². The second-order valence-corrected chi connectivity index (χ2v) is 14.6. The van der Waals surface area contributed by atoms with Crippen molar-refractivity contribution in [1.82, 2.24) is 29.4 Å². The molecular formula is C35H37ClF4N8O3. The molecule has 4 aromatic rings. The molecule has 270 valence electrons. The zero-order chi connectivity index (χ0) is 36.8. The van der Waals surface area contributed by atoms with Crippen LogP contribution in [0, 0.1) is 17.3 Å². The van der Waals surface area contributed by atoms with E-state index in [0.717, 1.165) is 17.4 Å². The van der Waals surface area contributed by atoms with Gasteiger partial charge in [-0.3, -0.25) is 14.5 Å². The summed E-state index contributed by atoms with van der Waals surface area (Å²) in [5, 5.41) is 7.73. The molecular weight excluding hydrogens is 692 g/mol. The number of aromatic nitrogens is 5. The largest absolute Gasteiger partial charge is 0.463 e. The van der Waals surface area contributed by atoms with Gasteiger partial charge in [0, 0.05) is 18.2 Å². The Kier molecular flexibility index (Phi) is 9.70. The number of alkyl halides is 4. The lowest BCUT2D eigenvalue weighted by atomic mass is 9.75. The molecule has 6 rings (SSSR count). The Morgan fingerprint density at radius 3 is 2.41 bits per heavy atom. The Labute approximate surface area is 296 Å². The number of hydrogen-bond acceptors (Lipinski definition) is 8. The summed E-state index contributed by atoms with van der Waals surface area (Å²) in [4.78, 5) is 37.6. The molecule has 0 spiro atoms. The first-order valence-corrected chi connectivity index (χ1v) is 16.7. The number of carbonyl (C=O) groups excluding carboxylic acids is 2. The first-order valence-electron chi connectivity index (χ1n) is 16.3. The van der Waals surface area contributed by atoms with Crippen LogP contribution in [-0.2, 0) is 19.9 Å². The number of carbonyl (C=O) groups is 2. The number of ether oxygens (including phenoxy) is 1. The number of nitrogens with two attached hydrogens (primary N) is 1. The minimum atomic E-state index is -2.96. The minimum Gasteiger partial charge on any atom is -0.463 e. The molecule has 11 nitrogen and oxygen atoms in total. The van der Waals surface area contributed by atoms with Crippen molar-refractivity contribution in [1.29, 1.82) is 0 Å². The van der Waals surface area contributed by atoms with Crippen molar-refractivity contribution < 1.29 is 31.9 Å². The van der Waals surface area contributed by atoms with E-state index in [1.54, 1.807) is 30.3 Å². The Morgan fingerprint density at radius 2 is 1.80 bits per heavy atom. The average molecular weight is 729 g/mol. The van der Waals surface area contributed by atoms with Crippen LogP contribution in [0.1, 0.15) is 82.9 Å². The van der Waals surface area contributed by atoms with E-state index >= 15 is 0 Å². The maximum Gasteiger partial charge on any atom is 0.333 e. The topological polar surface area (TPSA) is 134 Å². The number of guanidine groups is 1. The van der Waals surface area contributed by atoms with Crippen LogP contribution in [0.4, 0.5) is 17.6 Å². The van der Waals surface area contributed by atoms with Crippen LogP contribution < -0.4 is 5.73 Å². The van der Waals surface area contributed by atoms with Crippen LogP contribution in [0.25, 0.3) is 16.8 Å². The highest BCUT2D eigenvalue weighted by molar-refractivity contribution is 6.32. The molecule has 0 bridgehead atoms. The lowest BCUT2D eigenvalue weighted by Gasteiger charge is -2.35. The second-order valence-electron chi connectivity index (χ2n) is 14.2. The molecule has 2 N–H and O–H groups in total. The smallest absolute Gasteiger partial charge is 0.333 e. The number of halogens is 5. The lowest BCUT2D eigenvalue weighted by molar-refractivity contribution is -0.148. The minimum absolute atomic E-state index is 0.0685. The number of esters is 1. The predicted molar refractivity (Wildman–Crippen MR) is 180 cm³/mol. The fraction of sp³-hybridized carbons (Fsp3) is 0.429. The van der Waals surface area contributed by atoms with E-state index in [1.807, 2.05) is 27.7 Å². The van der Waals surface area contributed by atoms with Crippen LogP contribution in [0.5, 0.6) is 0 Å². The van der Waals surface area contributed by atoms with Crippen molar-refractivity contribution in [2.75, 3.05) is 6.61 Å². The van der Waals surface area contributed by atoms with Gasteiger partial charge in [0.25, 0.3) is 12.3 Å². The molecule has 16 heteroatoms. The average Bonchev–Trinajstić information content (AvgIpc) is 3.45. The molecule has 0 unspecified atom stereocenters. The lowest BCUT2D eigenvalue weighted by Crippen LogP contribution is -2.47. The predicted octanol–water partition coefficient (Wildman–Crippen LogP) is 7.24. The van der Waals surface area contributed by atoms with Gasteiger partial charge in [0.1, 0.15) is 12.9 Å². The summed E-state index contributed by atoms with van der Waals surface area (Å²) in [7, 11) is 0. The molecule has 51 heavy (non-hydrogen) atoms. The Morgan fingerprint density at radius 1 is 1.10 bits per heavy atom. The summed E-state index contributed by atoms with van der Waals surface area (Å²) in [5.41, 5.74) is 6.61. The highest BCUT2D eigenvalue weighted by Gasteiger charge is 2.53. The summed E-state index contributed by atoms with van der Waals surface area (Å²) >= 11 is 6.47. The molecule has 1 fully saturated rings. The van der Waals surface area contributed by atoms with Crippen molar-refractivity contribution in [2.24, 2.45) is 28.0 Å². The molecule has 4 atom stereocenters. The van der Waals surface area contributed by atoms with Gasteiger partial charge in [-0.25, -0.2) is 28.1 Å². The molecule has 2 aromatic carbocycles. The Balaban J connectivity index is 1.40. The first kappa shape index (κ1) is 36.0. The number of hydrogen-bond donors (Lipinski definition) is 1. The molecule has 0 saturated heterocycles. The van der Waals surface area contributed by atoms with Gasteiger partial charge < -0.3 is 10.5 Å². The van der Waals surface area contributed by atoms with Gasteiger partial charge in [0.05, 0.1) is 22.9 Å². The van der Waals surface area contributed by atoms with Crippen LogP contribution in [0.15, 0.2) is 66.2 Å². The zero-order valence-corrected chi connectivity index (χ0v) is 29.1. The molecule has 1 saturated carbocycles. The number of benzene rings is 2. The second kappa shape index (κ2) is 13.7. The third-order valence-electron chi connectivity index (χ3n) is 9.18. The summed E-state index contributed by atoms with van der Waals surface area (Å²) in [6.07, 6.45) is 1.91. The van der Waals surface area contributed by atoms with Crippen molar-refractivity contribution in [3.05, 3.63) is 83.2 Å². The van der Waals surface area contributed by atoms with E-state index in [1.165, 1.54) is 29.4 Å². The van der Waals surface area contributed by atoms with E-state index in [4.69, 9.17) is 27.1 Å². The van der Waals surface area contributed by atoms with Crippen LogP contribution in [-0.4, -0.2) is 53.9 Å². The molecule has 2 aromatic heterocycles. The van der Waals surface area contributed by atoms with Gasteiger partial charge in [0.15, 0.2) is 17.3 Å². The van der Waals surface area contributed by atoms with Crippen LogP contribution in [0.3, 0.4) is 0 Å². The molecule has 1 amide bonds. The van der Waals surface area contributed by atoms with Crippen molar-refractivity contribution in [3.63, 3.8) is 0 Å². The van der Waals surface area contributed by atoms with Crippen molar-refractivity contribution >= 4 is 29.4 Å². The molecule has 3 heterocycles. The van der Waals surface area contributed by atoms with Gasteiger partial charge in [0.2, 0.25) is 0 Å².